The molecule has 0 aliphatic heterocycles. The summed E-state index contributed by atoms with van der Waals surface area (Å²) >= 11 is 0. The summed E-state index contributed by atoms with van der Waals surface area (Å²) in [6.45, 7) is 3.71. The Morgan fingerprint density at radius 2 is 2.11 bits per heavy atom. The smallest absolute Gasteiger partial charge is 0.338 e. The van der Waals surface area contributed by atoms with Crippen molar-refractivity contribution in [2.45, 2.75) is 39.2 Å². The molecular formula is C14H20N2O3. The van der Waals surface area contributed by atoms with Crippen molar-refractivity contribution in [3.05, 3.63) is 29.3 Å². The number of amides is 1. The summed E-state index contributed by atoms with van der Waals surface area (Å²) in [6, 6.07) is 4.36. The van der Waals surface area contributed by atoms with Gasteiger partial charge in [0.05, 0.1) is 17.3 Å². The molecule has 1 rings (SSSR count). The van der Waals surface area contributed by atoms with Crippen LogP contribution in [0.25, 0.3) is 0 Å². The largest absolute Gasteiger partial charge is 0.478 e. The van der Waals surface area contributed by atoms with Crippen LogP contribution in [-0.2, 0) is 4.79 Å². The number of benzene rings is 1. The molecule has 1 amide bonds. The van der Waals surface area contributed by atoms with Gasteiger partial charge < -0.3 is 16.2 Å². The fourth-order valence-corrected chi connectivity index (χ4v) is 1.84. The number of unbranched alkanes of at least 4 members (excludes halogenated alkanes) is 1. The van der Waals surface area contributed by atoms with Crippen LogP contribution in [0.3, 0.4) is 0 Å². The van der Waals surface area contributed by atoms with E-state index in [9.17, 15) is 9.59 Å². The van der Waals surface area contributed by atoms with E-state index in [-0.39, 0.29) is 11.5 Å². The molecule has 0 aromatic heterocycles. The number of carbonyl (C=O) groups excluding carboxylic acids is 1. The van der Waals surface area contributed by atoms with Crippen LogP contribution >= 0.6 is 0 Å². The Hall–Kier alpha value is -1.88. The molecule has 0 aliphatic carbocycles. The van der Waals surface area contributed by atoms with Gasteiger partial charge in [0.25, 0.3) is 0 Å². The number of aromatic carboxylic acids is 1. The molecule has 1 aromatic carbocycles. The van der Waals surface area contributed by atoms with E-state index in [0.29, 0.717) is 17.7 Å². The van der Waals surface area contributed by atoms with Crippen molar-refractivity contribution >= 4 is 17.6 Å². The van der Waals surface area contributed by atoms with Crippen molar-refractivity contribution in [3.8, 4) is 0 Å². The van der Waals surface area contributed by atoms with Crippen LogP contribution < -0.4 is 11.1 Å². The predicted molar refractivity (Wildman–Crippen MR) is 74.3 cm³/mol. The lowest BCUT2D eigenvalue weighted by molar-refractivity contribution is -0.117. The van der Waals surface area contributed by atoms with Crippen LogP contribution in [0, 0.1) is 6.92 Å². The molecule has 0 fully saturated rings. The van der Waals surface area contributed by atoms with E-state index < -0.39 is 12.0 Å². The minimum Gasteiger partial charge on any atom is -0.478 e. The first-order chi connectivity index (χ1) is 8.97. The molecule has 5 heteroatoms. The van der Waals surface area contributed by atoms with Crippen molar-refractivity contribution in [1.82, 2.24) is 0 Å². The van der Waals surface area contributed by atoms with Gasteiger partial charge in [0.1, 0.15) is 0 Å². The fraction of sp³-hybridized carbons (Fsp3) is 0.429. The molecule has 0 saturated heterocycles. The number of aryl methyl sites for hydroxylation is 1. The fourth-order valence-electron chi connectivity index (χ4n) is 1.84. The maximum Gasteiger partial charge on any atom is 0.338 e. The molecule has 0 spiro atoms. The maximum absolute atomic E-state index is 11.9. The van der Waals surface area contributed by atoms with Crippen LogP contribution in [0.15, 0.2) is 18.2 Å². The number of carbonyl (C=O) groups is 2. The summed E-state index contributed by atoms with van der Waals surface area (Å²) < 4.78 is 0. The number of carboxylic acid groups (broad SMARTS) is 1. The highest BCUT2D eigenvalue weighted by molar-refractivity contribution is 6.02. The standard InChI is InChI=1S/C14H20N2O3/c1-3-4-7-10(15)13(17)16-11-8-5-6-9(2)12(11)14(18)19/h5-6,8,10H,3-4,7,15H2,1-2H3,(H,16,17)(H,18,19)/t10-/m0/s1. The van der Waals surface area contributed by atoms with Crippen LogP contribution in [0.4, 0.5) is 5.69 Å². The van der Waals surface area contributed by atoms with Crippen LogP contribution in [0.5, 0.6) is 0 Å². The van der Waals surface area contributed by atoms with Crippen molar-refractivity contribution in [2.75, 3.05) is 5.32 Å². The highest BCUT2D eigenvalue weighted by Crippen LogP contribution is 2.19. The zero-order valence-corrected chi connectivity index (χ0v) is 11.3. The lowest BCUT2D eigenvalue weighted by Crippen LogP contribution is -2.35. The number of rotatable bonds is 6. The third-order valence-electron chi connectivity index (χ3n) is 2.95. The van der Waals surface area contributed by atoms with E-state index in [1.165, 1.54) is 0 Å². The summed E-state index contributed by atoms with van der Waals surface area (Å²) in [5, 5.41) is 11.8. The topological polar surface area (TPSA) is 92.4 Å². The second-order valence-corrected chi connectivity index (χ2v) is 4.54. The Balaban J connectivity index is 2.85. The lowest BCUT2D eigenvalue weighted by Gasteiger charge is -2.14. The monoisotopic (exact) mass is 264 g/mol. The molecule has 4 N–H and O–H groups in total. The van der Waals surface area contributed by atoms with E-state index >= 15 is 0 Å². The lowest BCUT2D eigenvalue weighted by atomic mass is 10.1. The number of hydrogen-bond donors (Lipinski definition) is 3. The predicted octanol–water partition coefficient (Wildman–Crippen LogP) is 2.15. The Morgan fingerprint density at radius 3 is 2.68 bits per heavy atom. The van der Waals surface area contributed by atoms with Gasteiger partial charge in [-0.2, -0.15) is 0 Å². The van der Waals surface area contributed by atoms with E-state index in [2.05, 4.69) is 5.32 Å². The van der Waals surface area contributed by atoms with E-state index in [1.807, 2.05) is 6.92 Å². The van der Waals surface area contributed by atoms with Gasteiger partial charge in [-0.3, -0.25) is 4.79 Å². The number of hydrogen-bond acceptors (Lipinski definition) is 3. The third-order valence-corrected chi connectivity index (χ3v) is 2.95. The number of nitrogens with one attached hydrogen (secondary N) is 1. The van der Waals surface area contributed by atoms with Crippen LogP contribution in [-0.4, -0.2) is 23.0 Å². The Morgan fingerprint density at radius 1 is 1.42 bits per heavy atom. The van der Waals surface area contributed by atoms with Crippen molar-refractivity contribution in [1.29, 1.82) is 0 Å². The molecule has 0 aliphatic rings. The minimum atomic E-state index is -1.06. The number of anilines is 1. The molecule has 0 unspecified atom stereocenters. The van der Waals surface area contributed by atoms with Gasteiger partial charge in [-0.15, -0.1) is 0 Å². The molecule has 104 valence electrons. The molecule has 5 nitrogen and oxygen atoms in total. The van der Waals surface area contributed by atoms with E-state index in [1.54, 1.807) is 25.1 Å². The van der Waals surface area contributed by atoms with Crippen molar-refractivity contribution < 1.29 is 14.7 Å². The zero-order chi connectivity index (χ0) is 14.4. The third kappa shape index (κ3) is 4.06. The van der Waals surface area contributed by atoms with Gasteiger partial charge in [0, 0.05) is 0 Å². The summed E-state index contributed by atoms with van der Waals surface area (Å²) in [5.74, 6) is -1.41. The average Bonchev–Trinajstić information content (AvgIpc) is 2.35. The minimum absolute atomic E-state index is 0.110. The van der Waals surface area contributed by atoms with Crippen LogP contribution in [0.2, 0.25) is 0 Å². The first-order valence-corrected chi connectivity index (χ1v) is 6.36. The van der Waals surface area contributed by atoms with Gasteiger partial charge in [-0.1, -0.05) is 31.9 Å². The molecule has 0 radical (unpaired) electrons. The molecule has 0 saturated carbocycles. The Labute approximate surface area is 112 Å². The molecule has 1 aromatic rings. The SMILES string of the molecule is CCCC[C@H](N)C(=O)Nc1cccc(C)c1C(=O)O. The van der Waals surface area contributed by atoms with Gasteiger partial charge in [-0.05, 0) is 25.0 Å². The Kier molecular flexibility index (Phi) is 5.51. The Bertz CT molecular complexity index is 472. The van der Waals surface area contributed by atoms with Gasteiger partial charge in [0.2, 0.25) is 5.91 Å². The number of carboxylic acids is 1. The highest BCUT2D eigenvalue weighted by Gasteiger charge is 2.18. The summed E-state index contributed by atoms with van der Waals surface area (Å²) in [7, 11) is 0. The molecular weight excluding hydrogens is 244 g/mol. The zero-order valence-electron chi connectivity index (χ0n) is 11.3. The van der Waals surface area contributed by atoms with Gasteiger partial charge in [-0.25, -0.2) is 4.79 Å². The van der Waals surface area contributed by atoms with Gasteiger partial charge in [0.15, 0.2) is 0 Å². The normalized spacial score (nSPS) is 11.9. The van der Waals surface area contributed by atoms with E-state index in [4.69, 9.17) is 10.8 Å². The quantitative estimate of drug-likeness (QED) is 0.734. The average molecular weight is 264 g/mol. The van der Waals surface area contributed by atoms with Crippen molar-refractivity contribution in [3.63, 3.8) is 0 Å². The second-order valence-electron chi connectivity index (χ2n) is 4.54. The second kappa shape index (κ2) is 6.89. The summed E-state index contributed by atoms with van der Waals surface area (Å²) in [6.07, 6.45) is 2.43. The maximum atomic E-state index is 11.9. The first kappa shape index (κ1) is 15.2. The van der Waals surface area contributed by atoms with Gasteiger partial charge >= 0.3 is 5.97 Å². The molecule has 1 atom stereocenters. The summed E-state index contributed by atoms with van der Waals surface area (Å²) in [4.78, 5) is 23.1. The molecule has 19 heavy (non-hydrogen) atoms. The number of nitrogens with two attached hydrogens (primary N) is 1. The molecule has 0 bridgehead atoms. The molecule has 0 heterocycles. The van der Waals surface area contributed by atoms with Crippen molar-refractivity contribution in [2.24, 2.45) is 5.73 Å². The summed E-state index contributed by atoms with van der Waals surface area (Å²) in [5.41, 5.74) is 6.77. The van der Waals surface area contributed by atoms with E-state index in [0.717, 1.165) is 12.8 Å². The van der Waals surface area contributed by atoms with Crippen LogP contribution in [0.1, 0.15) is 42.1 Å². The first-order valence-electron chi connectivity index (χ1n) is 6.36. The highest BCUT2D eigenvalue weighted by atomic mass is 16.4.